The van der Waals surface area contributed by atoms with Crippen molar-refractivity contribution < 1.29 is 9.84 Å². The zero-order valence-electron chi connectivity index (χ0n) is 14.1. The number of aliphatic hydroxyl groups excluding tert-OH is 1. The smallest absolute Gasteiger partial charge is 0.0578 e. The molecule has 1 aliphatic carbocycles. The largest absolute Gasteiger partial charge is 0.393 e. The number of hydrogen-bond acceptors (Lipinski definition) is 3. The fourth-order valence-corrected chi connectivity index (χ4v) is 3.85. The molecule has 0 amide bonds. The third kappa shape index (κ3) is 6.66. The van der Waals surface area contributed by atoms with Gasteiger partial charge < -0.3 is 14.7 Å². The molecule has 21 heavy (non-hydrogen) atoms. The quantitative estimate of drug-likeness (QED) is 0.729. The number of aliphatic hydroxyl groups is 1. The predicted molar refractivity (Wildman–Crippen MR) is 87.5 cm³/mol. The van der Waals surface area contributed by atoms with Crippen LogP contribution in [0.15, 0.2) is 0 Å². The molecule has 3 heteroatoms. The van der Waals surface area contributed by atoms with Crippen LogP contribution in [0.5, 0.6) is 0 Å². The van der Waals surface area contributed by atoms with Crippen molar-refractivity contribution in [3.63, 3.8) is 0 Å². The molecular weight excluding hydrogens is 262 g/mol. The van der Waals surface area contributed by atoms with Gasteiger partial charge >= 0.3 is 0 Å². The number of likely N-dealkylation sites (tertiary alicyclic amines) is 1. The first-order valence-electron chi connectivity index (χ1n) is 9.19. The highest BCUT2D eigenvalue weighted by molar-refractivity contribution is 4.74. The number of nitrogens with zero attached hydrogens (tertiary/aromatic N) is 1. The van der Waals surface area contributed by atoms with Gasteiger partial charge in [-0.2, -0.15) is 0 Å². The molecule has 1 N–H and O–H groups in total. The van der Waals surface area contributed by atoms with Gasteiger partial charge in [0, 0.05) is 13.1 Å². The van der Waals surface area contributed by atoms with Crippen LogP contribution in [0.2, 0.25) is 0 Å². The lowest BCUT2D eigenvalue weighted by Gasteiger charge is -2.31. The second-order valence-corrected chi connectivity index (χ2v) is 7.40. The average molecular weight is 297 g/mol. The first-order chi connectivity index (χ1) is 10.1. The Labute approximate surface area is 131 Å². The molecule has 0 unspecified atom stereocenters. The van der Waals surface area contributed by atoms with Gasteiger partial charge in [-0.1, -0.05) is 12.8 Å². The maximum absolute atomic E-state index is 9.51. The third-order valence-corrected chi connectivity index (χ3v) is 5.15. The van der Waals surface area contributed by atoms with Crippen molar-refractivity contribution in [2.45, 2.75) is 89.9 Å². The summed E-state index contributed by atoms with van der Waals surface area (Å²) in [5.74, 6) is 0.945. The minimum absolute atomic E-state index is 0.0375. The Morgan fingerprint density at radius 3 is 2.29 bits per heavy atom. The number of rotatable bonds is 7. The van der Waals surface area contributed by atoms with Gasteiger partial charge in [-0.15, -0.1) is 0 Å². The first-order valence-corrected chi connectivity index (χ1v) is 9.19. The molecule has 3 nitrogen and oxygen atoms in total. The Morgan fingerprint density at radius 1 is 1.00 bits per heavy atom. The van der Waals surface area contributed by atoms with Crippen LogP contribution in [0.3, 0.4) is 0 Å². The molecule has 1 aliphatic heterocycles. The lowest BCUT2D eigenvalue weighted by atomic mass is 9.84. The number of ether oxygens (including phenoxy) is 1. The zero-order valence-corrected chi connectivity index (χ0v) is 14.1. The normalized spacial score (nSPS) is 29.1. The van der Waals surface area contributed by atoms with E-state index in [9.17, 15) is 5.11 Å². The molecule has 0 radical (unpaired) electrons. The maximum Gasteiger partial charge on any atom is 0.0578 e. The third-order valence-electron chi connectivity index (χ3n) is 5.15. The Bertz CT molecular complexity index is 266. The van der Waals surface area contributed by atoms with Crippen molar-refractivity contribution >= 4 is 0 Å². The van der Waals surface area contributed by atoms with Crippen molar-refractivity contribution in [3.05, 3.63) is 0 Å². The van der Waals surface area contributed by atoms with Crippen molar-refractivity contribution in [3.8, 4) is 0 Å². The lowest BCUT2D eigenvalue weighted by Crippen LogP contribution is -2.36. The van der Waals surface area contributed by atoms with E-state index in [4.69, 9.17) is 4.74 Å². The van der Waals surface area contributed by atoms with Crippen LogP contribution in [0.4, 0.5) is 0 Å². The molecule has 0 atom stereocenters. The van der Waals surface area contributed by atoms with Crippen LogP contribution in [-0.2, 0) is 4.74 Å². The Hall–Kier alpha value is -0.120. The number of piperidine rings is 1. The Kier molecular flexibility index (Phi) is 7.48. The van der Waals surface area contributed by atoms with E-state index in [1.165, 1.54) is 51.5 Å². The minimum atomic E-state index is -0.0375. The van der Waals surface area contributed by atoms with E-state index < -0.39 is 0 Å². The van der Waals surface area contributed by atoms with Crippen molar-refractivity contribution in [1.29, 1.82) is 0 Å². The summed E-state index contributed by atoms with van der Waals surface area (Å²) in [6, 6.07) is 0. The zero-order chi connectivity index (χ0) is 15.1. The van der Waals surface area contributed by atoms with E-state index in [1.807, 2.05) is 0 Å². The second kappa shape index (κ2) is 9.12. The SMILES string of the molecule is CC(C)OC1CCC(CCCCN2CCC(O)CC2)CC1. The topological polar surface area (TPSA) is 32.7 Å². The first kappa shape index (κ1) is 17.2. The molecule has 2 rings (SSSR count). The molecule has 0 aromatic carbocycles. The van der Waals surface area contributed by atoms with Crippen molar-refractivity contribution in [2.24, 2.45) is 5.92 Å². The Balaban J connectivity index is 1.48. The molecule has 124 valence electrons. The van der Waals surface area contributed by atoms with Crippen molar-refractivity contribution in [2.75, 3.05) is 19.6 Å². The molecule has 1 saturated carbocycles. The van der Waals surface area contributed by atoms with E-state index in [0.29, 0.717) is 12.2 Å². The summed E-state index contributed by atoms with van der Waals surface area (Å²) < 4.78 is 5.93. The molecule has 0 aromatic heterocycles. The van der Waals surface area contributed by atoms with Gasteiger partial charge in [-0.3, -0.25) is 0 Å². The van der Waals surface area contributed by atoms with E-state index in [1.54, 1.807) is 0 Å². The van der Waals surface area contributed by atoms with Crippen LogP contribution in [0.25, 0.3) is 0 Å². The van der Waals surface area contributed by atoms with Crippen LogP contribution in [0, 0.1) is 5.92 Å². The highest BCUT2D eigenvalue weighted by Crippen LogP contribution is 2.30. The van der Waals surface area contributed by atoms with Gasteiger partial charge in [0.2, 0.25) is 0 Å². The highest BCUT2D eigenvalue weighted by atomic mass is 16.5. The molecule has 0 bridgehead atoms. The molecule has 2 aliphatic rings. The van der Waals surface area contributed by atoms with Gasteiger partial charge in [-0.25, -0.2) is 0 Å². The van der Waals surface area contributed by atoms with Crippen LogP contribution in [-0.4, -0.2) is 48.0 Å². The van der Waals surface area contributed by atoms with Crippen LogP contribution < -0.4 is 0 Å². The summed E-state index contributed by atoms with van der Waals surface area (Å²) in [5.41, 5.74) is 0. The summed E-state index contributed by atoms with van der Waals surface area (Å²) in [6.45, 7) is 7.72. The summed E-state index contributed by atoms with van der Waals surface area (Å²) in [7, 11) is 0. The second-order valence-electron chi connectivity index (χ2n) is 7.40. The Morgan fingerprint density at radius 2 is 1.67 bits per heavy atom. The van der Waals surface area contributed by atoms with Gasteiger partial charge in [0.1, 0.15) is 0 Å². The molecule has 0 spiro atoms. The van der Waals surface area contributed by atoms with Crippen molar-refractivity contribution in [1.82, 2.24) is 4.90 Å². The maximum atomic E-state index is 9.51. The summed E-state index contributed by atoms with van der Waals surface area (Å²) in [6.07, 6.45) is 12.2. The summed E-state index contributed by atoms with van der Waals surface area (Å²) in [4.78, 5) is 2.53. The fourth-order valence-electron chi connectivity index (χ4n) is 3.85. The highest BCUT2D eigenvalue weighted by Gasteiger charge is 2.22. The molecule has 1 saturated heterocycles. The van der Waals surface area contributed by atoms with E-state index >= 15 is 0 Å². The lowest BCUT2D eigenvalue weighted by molar-refractivity contribution is -0.0204. The van der Waals surface area contributed by atoms with Gasteiger partial charge in [0.15, 0.2) is 0 Å². The molecular formula is C18H35NO2. The predicted octanol–water partition coefficient (Wildman–Crippen LogP) is 3.60. The molecule has 2 fully saturated rings. The van der Waals surface area contributed by atoms with Gasteiger partial charge in [0.25, 0.3) is 0 Å². The monoisotopic (exact) mass is 297 g/mol. The average Bonchev–Trinajstić information content (AvgIpc) is 2.46. The summed E-state index contributed by atoms with van der Waals surface area (Å²) in [5, 5.41) is 9.51. The standard InChI is InChI=1S/C18H35NO2/c1-15(2)21-18-8-6-16(7-9-18)5-3-4-12-19-13-10-17(20)11-14-19/h15-18,20H,3-14H2,1-2H3. The van der Waals surface area contributed by atoms with E-state index in [-0.39, 0.29) is 6.10 Å². The fraction of sp³-hybridized carbons (Fsp3) is 1.00. The van der Waals surface area contributed by atoms with Crippen LogP contribution in [0.1, 0.15) is 71.6 Å². The number of hydrogen-bond donors (Lipinski definition) is 1. The van der Waals surface area contributed by atoms with Crippen LogP contribution >= 0.6 is 0 Å². The summed E-state index contributed by atoms with van der Waals surface area (Å²) >= 11 is 0. The number of unbranched alkanes of at least 4 members (excludes halogenated alkanes) is 1. The van der Waals surface area contributed by atoms with Gasteiger partial charge in [-0.05, 0) is 71.3 Å². The minimum Gasteiger partial charge on any atom is -0.393 e. The molecule has 0 aromatic rings. The van der Waals surface area contributed by atoms with Gasteiger partial charge in [0.05, 0.1) is 18.3 Å². The molecule has 1 heterocycles. The van der Waals surface area contributed by atoms with E-state index in [2.05, 4.69) is 18.7 Å². The van der Waals surface area contributed by atoms with E-state index in [0.717, 1.165) is 31.8 Å².